The van der Waals surface area contributed by atoms with Gasteiger partial charge in [-0.15, -0.1) is 0 Å². The summed E-state index contributed by atoms with van der Waals surface area (Å²) in [6.07, 6.45) is 19.6. The topological polar surface area (TPSA) is 66.4 Å². The van der Waals surface area contributed by atoms with Gasteiger partial charge in [-0.3, -0.25) is 9.59 Å². The van der Waals surface area contributed by atoms with Crippen LogP contribution in [0.2, 0.25) is 0 Å². The van der Waals surface area contributed by atoms with Gasteiger partial charge in [0.25, 0.3) is 0 Å². The summed E-state index contributed by atoms with van der Waals surface area (Å²) in [7, 11) is 0. The Balaban J connectivity index is 3.30. The highest BCUT2D eigenvalue weighted by Gasteiger charge is 2.12. The lowest BCUT2D eigenvalue weighted by Crippen LogP contribution is -2.38. The van der Waals surface area contributed by atoms with E-state index in [0.29, 0.717) is 6.42 Å². The SMILES string of the molecule is CCCCCCC/C=C\CCCCCCCC(=O)N[C@@H](C)C(=O)O. The third-order valence-corrected chi connectivity index (χ3v) is 4.16. The van der Waals surface area contributed by atoms with Crippen LogP contribution in [-0.2, 0) is 9.59 Å². The van der Waals surface area contributed by atoms with E-state index in [-0.39, 0.29) is 5.91 Å². The summed E-state index contributed by atoms with van der Waals surface area (Å²) in [6, 6.07) is -0.795. The second-order valence-electron chi connectivity index (χ2n) is 6.61. The van der Waals surface area contributed by atoms with E-state index in [4.69, 9.17) is 5.11 Å². The molecule has 0 fully saturated rings. The minimum atomic E-state index is -0.989. The Morgan fingerprint density at radius 1 is 0.875 bits per heavy atom. The minimum Gasteiger partial charge on any atom is -0.480 e. The molecule has 0 heterocycles. The Hall–Kier alpha value is -1.32. The first-order valence-corrected chi connectivity index (χ1v) is 9.75. The molecular formula is C20H37NO3. The van der Waals surface area contributed by atoms with Gasteiger partial charge in [0.15, 0.2) is 0 Å². The minimum absolute atomic E-state index is 0.160. The fraction of sp³-hybridized carbons (Fsp3) is 0.800. The van der Waals surface area contributed by atoms with Crippen LogP contribution in [0, 0.1) is 0 Å². The van der Waals surface area contributed by atoms with Crippen molar-refractivity contribution < 1.29 is 14.7 Å². The number of carboxylic acids is 1. The van der Waals surface area contributed by atoms with E-state index < -0.39 is 12.0 Å². The highest BCUT2D eigenvalue weighted by molar-refractivity contribution is 5.83. The maximum atomic E-state index is 11.5. The lowest BCUT2D eigenvalue weighted by atomic mass is 10.1. The third-order valence-electron chi connectivity index (χ3n) is 4.16. The molecule has 1 atom stereocenters. The molecule has 2 N–H and O–H groups in total. The van der Waals surface area contributed by atoms with Crippen molar-refractivity contribution in [3.8, 4) is 0 Å². The van der Waals surface area contributed by atoms with Crippen LogP contribution in [0.15, 0.2) is 12.2 Å². The van der Waals surface area contributed by atoms with Crippen LogP contribution < -0.4 is 5.32 Å². The summed E-state index contributed by atoms with van der Waals surface area (Å²) in [6.45, 7) is 3.73. The zero-order chi connectivity index (χ0) is 18.0. The first kappa shape index (κ1) is 22.7. The molecule has 0 aromatic carbocycles. The number of carbonyl (C=O) groups excluding carboxylic acids is 1. The van der Waals surface area contributed by atoms with E-state index in [1.807, 2.05) is 0 Å². The predicted octanol–water partition coefficient (Wildman–Crippen LogP) is 5.22. The number of rotatable bonds is 16. The Bertz CT molecular complexity index is 353. The van der Waals surface area contributed by atoms with E-state index >= 15 is 0 Å². The lowest BCUT2D eigenvalue weighted by Gasteiger charge is -2.08. The van der Waals surface area contributed by atoms with Gasteiger partial charge in [-0.1, -0.05) is 64.0 Å². The number of carbonyl (C=O) groups is 2. The van der Waals surface area contributed by atoms with Crippen LogP contribution in [0.3, 0.4) is 0 Å². The Morgan fingerprint density at radius 3 is 1.92 bits per heavy atom. The number of carboxylic acid groups (broad SMARTS) is 1. The number of hydrogen-bond donors (Lipinski definition) is 2. The maximum absolute atomic E-state index is 11.5. The lowest BCUT2D eigenvalue weighted by molar-refractivity contribution is -0.141. The summed E-state index contributed by atoms with van der Waals surface area (Å²) in [5, 5.41) is 11.2. The van der Waals surface area contributed by atoms with Crippen molar-refractivity contribution >= 4 is 11.9 Å². The second-order valence-corrected chi connectivity index (χ2v) is 6.61. The van der Waals surface area contributed by atoms with Gasteiger partial charge in [-0.2, -0.15) is 0 Å². The highest BCUT2D eigenvalue weighted by atomic mass is 16.4. The van der Waals surface area contributed by atoms with E-state index in [1.165, 1.54) is 58.3 Å². The summed E-state index contributed by atoms with van der Waals surface area (Å²) >= 11 is 0. The molecule has 0 aromatic rings. The molecule has 1 amide bonds. The molecule has 4 heteroatoms. The molecule has 0 aliphatic carbocycles. The number of amides is 1. The van der Waals surface area contributed by atoms with Crippen LogP contribution in [0.25, 0.3) is 0 Å². The molecule has 140 valence electrons. The molecule has 0 aromatic heterocycles. The van der Waals surface area contributed by atoms with Gasteiger partial charge in [-0.25, -0.2) is 0 Å². The van der Waals surface area contributed by atoms with Crippen LogP contribution in [0.4, 0.5) is 0 Å². The van der Waals surface area contributed by atoms with Crippen molar-refractivity contribution in [3.05, 3.63) is 12.2 Å². The zero-order valence-electron chi connectivity index (χ0n) is 15.7. The molecule has 0 aliphatic heterocycles. The van der Waals surface area contributed by atoms with Gasteiger partial charge in [0.05, 0.1) is 0 Å². The molecule has 0 aliphatic rings. The first-order chi connectivity index (χ1) is 11.6. The Morgan fingerprint density at radius 2 is 1.38 bits per heavy atom. The van der Waals surface area contributed by atoms with Gasteiger partial charge in [0.2, 0.25) is 5.91 Å². The number of nitrogens with one attached hydrogen (secondary N) is 1. The number of unbranched alkanes of at least 4 members (excludes halogenated alkanes) is 10. The Kier molecular flexibility index (Phi) is 15.6. The highest BCUT2D eigenvalue weighted by Crippen LogP contribution is 2.09. The number of allylic oxidation sites excluding steroid dienone is 2. The van der Waals surface area contributed by atoms with Crippen LogP contribution in [0.1, 0.15) is 97.3 Å². The van der Waals surface area contributed by atoms with Gasteiger partial charge in [-0.05, 0) is 39.0 Å². The van der Waals surface area contributed by atoms with Gasteiger partial charge >= 0.3 is 5.97 Å². The Labute approximate surface area is 148 Å². The molecule has 0 rings (SSSR count). The number of hydrogen-bond acceptors (Lipinski definition) is 2. The van der Waals surface area contributed by atoms with E-state index in [1.54, 1.807) is 0 Å². The fourth-order valence-corrected chi connectivity index (χ4v) is 2.55. The molecule has 0 saturated carbocycles. The molecule has 0 bridgehead atoms. The smallest absolute Gasteiger partial charge is 0.325 e. The molecule has 24 heavy (non-hydrogen) atoms. The van der Waals surface area contributed by atoms with Gasteiger partial charge < -0.3 is 10.4 Å². The molecule has 0 spiro atoms. The van der Waals surface area contributed by atoms with Crippen LogP contribution in [0.5, 0.6) is 0 Å². The summed E-state index contributed by atoms with van der Waals surface area (Å²) in [4.78, 5) is 22.1. The zero-order valence-corrected chi connectivity index (χ0v) is 15.7. The van der Waals surface area contributed by atoms with E-state index in [9.17, 15) is 9.59 Å². The van der Waals surface area contributed by atoms with Gasteiger partial charge in [0, 0.05) is 6.42 Å². The van der Waals surface area contributed by atoms with E-state index in [2.05, 4.69) is 24.4 Å². The normalized spacial score (nSPS) is 12.4. The quantitative estimate of drug-likeness (QED) is 0.299. The molecular weight excluding hydrogens is 302 g/mol. The summed E-state index contributed by atoms with van der Waals surface area (Å²) in [5.74, 6) is -1.15. The first-order valence-electron chi connectivity index (χ1n) is 9.75. The standard InChI is InChI=1S/C20H37NO3/c1-3-4-5-6-7-8-9-10-11-12-13-14-15-16-17-19(22)21-18(2)20(23)24/h9-10,18H,3-8,11-17H2,1-2H3,(H,21,22)(H,23,24)/b10-9-/t18-/m0/s1. The average Bonchev–Trinajstić information content (AvgIpc) is 2.55. The monoisotopic (exact) mass is 339 g/mol. The van der Waals surface area contributed by atoms with Crippen LogP contribution in [-0.4, -0.2) is 23.0 Å². The third kappa shape index (κ3) is 15.6. The summed E-state index contributed by atoms with van der Waals surface area (Å²) < 4.78 is 0. The second kappa shape index (κ2) is 16.5. The molecule has 0 saturated heterocycles. The summed E-state index contributed by atoms with van der Waals surface area (Å²) in [5.41, 5.74) is 0. The average molecular weight is 340 g/mol. The fourth-order valence-electron chi connectivity index (χ4n) is 2.55. The number of aliphatic carboxylic acids is 1. The van der Waals surface area contributed by atoms with Gasteiger partial charge in [0.1, 0.15) is 6.04 Å². The predicted molar refractivity (Wildman–Crippen MR) is 100 cm³/mol. The van der Waals surface area contributed by atoms with E-state index in [0.717, 1.165) is 25.7 Å². The van der Waals surface area contributed by atoms with Crippen molar-refractivity contribution in [1.82, 2.24) is 5.32 Å². The molecule has 0 radical (unpaired) electrons. The van der Waals surface area contributed by atoms with Crippen LogP contribution >= 0.6 is 0 Å². The molecule has 0 unspecified atom stereocenters. The van der Waals surface area contributed by atoms with Crippen molar-refractivity contribution in [2.24, 2.45) is 0 Å². The largest absolute Gasteiger partial charge is 0.480 e. The van der Waals surface area contributed by atoms with Crippen molar-refractivity contribution in [2.75, 3.05) is 0 Å². The van der Waals surface area contributed by atoms with Crippen molar-refractivity contribution in [3.63, 3.8) is 0 Å². The maximum Gasteiger partial charge on any atom is 0.325 e. The van der Waals surface area contributed by atoms with Crippen molar-refractivity contribution in [1.29, 1.82) is 0 Å². The molecule has 4 nitrogen and oxygen atoms in total. The van der Waals surface area contributed by atoms with Crippen molar-refractivity contribution in [2.45, 2.75) is 103 Å².